The van der Waals surface area contributed by atoms with E-state index in [1.165, 1.54) is 0 Å². The molecule has 1 aromatic heterocycles. The minimum Gasteiger partial charge on any atom is -0.395 e. The van der Waals surface area contributed by atoms with E-state index in [1.54, 1.807) is 16.2 Å². The number of thiophene rings is 1. The second kappa shape index (κ2) is 8.83. The van der Waals surface area contributed by atoms with Crippen LogP contribution in [0.4, 0.5) is 4.79 Å². The van der Waals surface area contributed by atoms with Gasteiger partial charge in [-0.2, -0.15) is 11.3 Å². The van der Waals surface area contributed by atoms with Crippen molar-refractivity contribution in [3.05, 3.63) is 22.4 Å². The molecule has 0 aromatic carbocycles. The number of hydrogen-bond donors (Lipinski definition) is 2. The van der Waals surface area contributed by atoms with Crippen LogP contribution in [0.2, 0.25) is 0 Å². The van der Waals surface area contributed by atoms with Crippen LogP contribution in [0.15, 0.2) is 16.8 Å². The number of nitrogens with one attached hydrogen (secondary N) is 1. The zero-order valence-electron chi connectivity index (χ0n) is 15.0. The molecule has 0 spiro atoms. The molecular formula is C18H30N2O3S. The van der Waals surface area contributed by atoms with Gasteiger partial charge in [0.25, 0.3) is 0 Å². The van der Waals surface area contributed by atoms with Gasteiger partial charge in [0.1, 0.15) is 0 Å². The van der Waals surface area contributed by atoms with Gasteiger partial charge in [-0.05, 0) is 40.6 Å². The molecule has 0 bridgehead atoms. The van der Waals surface area contributed by atoms with Crippen LogP contribution in [-0.2, 0) is 11.3 Å². The average molecular weight is 355 g/mol. The van der Waals surface area contributed by atoms with Crippen molar-refractivity contribution < 1.29 is 14.6 Å². The second-order valence-corrected chi connectivity index (χ2v) is 8.30. The third-order valence-corrected chi connectivity index (χ3v) is 5.16. The Labute approximate surface area is 149 Å². The topological polar surface area (TPSA) is 61.8 Å². The highest BCUT2D eigenvalue weighted by Gasteiger charge is 2.35. The summed E-state index contributed by atoms with van der Waals surface area (Å²) < 4.78 is 5.98. The van der Waals surface area contributed by atoms with Gasteiger partial charge in [-0.15, -0.1) is 0 Å². The molecule has 1 saturated heterocycles. The summed E-state index contributed by atoms with van der Waals surface area (Å²) in [5, 5.41) is 16.3. The number of nitrogens with zero attached hydrogens (tertiary/aromatic N) is 1. The maximum Gasteiger partial charge on any atom is 0.317 e. The lowest BCUT2D eigenvalue weighted by molar-refractivity contribution is -0.0839. The van der Waals surface area contributed by atoms with E-state index in [0.29, 0.717) is 25.6 Å². The standard InChI is InChI=1S/C18H30N2O3S/c1-18(2,3)16-15(5-4-9-23-16)11-19-17(22)20(7-8-21)12-14-6-10-24-13-14/h6,10,13,15-16,21H,4-5,7-9,11-12H2,1-3H3,(H,19,22). The fraction of sp³-hybridized carbons (Fsp3) is 0.722. The van der Waals surface area contributed by atoms with Crippen molar-refractivity contribution in [3.63, 3.8) is 0 Å². The van der Waals surface area contributed by atoms with E-state index in [4.69, 9.17) is 4.74 Å². The molecule has 1 aromatic rings. The quantitative estimate of drug-likeness (QED) is 0.825. The molecule has 2 atom stereocenters. The number of carbonyl (C=O) groups is 1. The molecule has 1 aliphatic heterocycles. The van der Waals surface area contributed by atoms with Gasteiger partial charge >= 0.3 is 6.03 Å². The summed E-state index contributed by atoms with van der Waals surface area (Å²) in [6, 6.07) is 1.89. The van der Waals surface area contributed by atoms with Crippen LogP contribution in [0.1, 0.15) is 39.2 Å². The van der Waals surface area contributed by atoms with Crippen LogP contribution in [0.5, 0.6) is 0 Å². The number of urea groups is 1. The third-order valence-electron chi connectivity index (χ3n) is 4.42. The number of ether oxygens (including phenoxy) is 1. The lowest BCUT2D eigenvalue weighted by Crippen LogP contribution is -2.48. The Bertz CT molecular complexity index is 499. The largest absolute Gasteiger partial charge is 0.395 e. The lowest BCUT2D eigenvalue weighted by Gasteiger charge is -2.40. The SMILES string of the molecule is CC(C)(C)C1OCCCC1CNC(=O)N(CCO)Cc1ccsc1. The average Bonchev–Trinajstić information content (AvgIpc) is 3.04. The van der Waals surface area contributed by atoms with E-state index >= 15 is 0 Å². The zero-order chi connectivity index (χ0) is 17.6. The smallest absolute Gasteiger partial charge is 0.317 e. The molecule has 136 valence electrons. The Balaban J connectivity index is 1.91. The Kier molecular flexibility index (Phi) is 7.07. The number of aliphatic hydroxyl groups is 1. The van der Waals surface area contributed by atoms with Gasteiger partial charge < -0.3 is 20.1 Å². The Morgan fingerprint density at radius 2 is 2.29 bits per heavy atom. The van der Waals surface area contributed by atoms with Crippen molar-refractivity contribution >= 4 is 17.4 Å². The monoisotopic (exact) mass is 354 g/mol. The fourth-order valence-corrected chi connectivity index (χ4v) is 3.98. The van der Waals surface area contributed by atoms with Gasteiger partial charge in [0, 0.05) is 32.2 Å². The molecule has 2 amide bonds. The number of amides is 2. The molecule has 2 unspecified atom stereocenters. The van der Waals surface area contributed by atoms with Crippen LogP contribution in [0.3, 0.4) is 0 Å². The van der Waals surface area contributed by atoms with Crippen molar-refractivity contribution in [2.75, 3.05) is 26.3 Å². The summed E-state index contributed by atoms with van der Waals surface area (Å²) in [7, 11) is 0. The van der Waals surface area contributed by atoms with E-state index in [1.807, 2.05) is 16.8 Å². The van der Waals surface area contributed by atoms with Crippen LogP contribution >= 0.6 is 11.3 Å². The van der Waals surface area contributed by atoms with Crippen LogP contribution in [0.25, 0.3) is 0 Å². The lowest BCUT2D eigenvalue weighted by atomic mass is 9.78. The summed E-state index contributed by atoms with van der Waals surface area (Å²) in [5.41, 5.74) is 1.16. The maximum absolute atomic E-state index is 12.5. The van der Waals surface area contributed by atoms with Gasteiger partial charge in [-0.25, -0.2) is 4.79 Å². The summed E-state index contributed by atoms with van der Waals surface area (Å²) in [5.74, 6) is 0.333. The first-order valence-corrected chi connectivity index (χ1v) is 9.62. The van der Waals surface area contributed by atoms with Crippen molar-refractivity contribution in [2.24, 2.45) is 11.3 Å². The van der Waals surface area contributed by atoms with E-state index in [0.717, 1.165) is 25.0 Å². The first-order chi connectivity index (χ1) is 11.4. The summed E-state index contributed by atoms with van der Waals surface area (Å²) in [4.78, 5) is 14.2. The van der Waals surface area contributed by atoms with Crippen molar-refractivity contribution in [1.82, 2.24) is 10.2 Å². The minimum absolute atomic E-state index is 0.0330. The van der Waals surface area contributed by atoms with Crippen LogP contribution < -0.4 is 5.32 Å². The molecule has 1 aliphatic rings. The van der Waals surface area contributed by atoms with Crippen LogP contribution in [0, 0.1) is 11.3 Å². The molecule has 0 aliphatic carbocycles. The van der Waals surface area contributed by atoms with Gasteiger partial charge in [0.15, 0.2) is 0 Å². The first kappa shape index (κ1) is 19.2. The molecular weight excluding hydrogens is 324 g/mol. The van der Waals surface area contributed by atoms with Crippen molar-refractivity contribution in [1.29, 1.82) is 0 Å². The Morgan fingerprint density at radius 3 is 2.92 bits per heavy atom. The molecule has 6 heteroatoms. The number of carbonyl (C=O) groups excluding carboxylic acids is 1. The van der Waals surface area contributed by atoms with Crippen molar-refractivity contribution in [2.45, 2.75) is 46.3 Å². The van der Waals surface area contributed by atoms with Gasteiger partial charge in [-0.3, -0.25) is 0 Å². The predicted molar refractivity (Wildman–Crippen MR) is 97.1 cm³/mol. The number of rotatable bonds is 6. The number of hydrogen-bond acceptors (Lipinski definition) is 4. The highest BCUT2D eigenvalue weighted by molar-refractivity contribution is 7.07. The first-order valence-electron chi connectivity index (χ1n) is 8.68. The van der Waals surface area contributed by atoms with Crippen molar-refractivity contribution in [3.8, 4) is 0 Å². The molecule has 1 fully saturated rings. The van der Waals surface area contributed by atoms with E-state index in [2.05, 4.69) is 26.1 Å². The highest BCUT2D eigenvalue weighted by atomic mass is 32.1. The maximum atomic E-state index is 12.5. The minimum atomic E-state index is -0.117. The second-order valence-electron chi connectivity index (χ2n) is 7.52. The normalized spacial score (nSPS) is 21.5. The van der Waals surface area contributed by atoms with E-state index in [9.17, 15) is 9.90 Å². The molecule has 2 rings (SSSR count). The van der Waals surface area contributed by atoms with Gasteiger partial charge in [0.05, 0.1) is 12.7 Å². The van der Waals surface area contributed by atoms with Gasteiger partial charge in [0.2, 0.25) is 0 Å². The summed E-state index contributed by atoms with van der Waals surface area (Å²) in [6.07, 6.45) is 2.28. The summed E-state index contributed by atoms with van der Waals surface area (Å²) >= 11 is 1.61. The highest BCUT2D eigenvalue weighted by Crippen LogP contribution is 2.33. The Morgan fingerprint density at radius 1 is 1.50 bits per heavy atom. The Hall–Kier alpha value is -1.11. The zero-order valence-corrected chi connectivity index (χ0v) is 15.8. The van der Waals surface area contributed by atoms with Crippen LogP contribution in [-0.4, -0.2) is 48.4 Å². The fourth-order valence-electron chi connectivity index (χ4n) is 3.32. The van der Waals surface area contributed by atoms with E-state index in [-0.39, 0.29) is 24.2 Å². The van der Waals surface area contributed by atoms with E-state index < -0.39 is 0 Å². The number of aliphatic hydroxyl groups excluding tert-OH is 1. The molecule has 2 N–H and O–H groups in total. The third kappa shape index (κ3) is 5.46. The van der Waals surface area contributed by atoms with Gasteiger partial charge in [-0.1, -0.05) is 20.8 Å². The summed E-state index contributed by atoms with van der Waals surface area (Å²) in [6.45, 7) is 8.82. The molecule has 2 heterocycles. The molecule has 24 heavy (non-hydrogen) atoms. The molecule has 0 saturated carbocycles. The molecule has 0 radical (unpaired) electrons. The predicted octanol–water partition coefficient (Wildman–Crippen LogP) is 3.09. The molecule has 5 nitrogen and oxygen atoms in total.